The Bertz CT molecular complexity index is 1360. The van der Waals surface area contributed by atoms with E-state index >= 15 is 0 Å². The molecule has 4 rings (SSSR count). The fourth-order valence-corrected chi connectivity index (χ4v) is 5.46. The van der Waals surface area contributed by atoms with Gasteiger partial charge in [-0.3, -0.25) is 0 Å². The standard InChI is InChI=1S/C32H36F3NO6S/c1-21-28(30(37)42-23-14-9-6-10-15-23)26(41-20-22-12-7-5-8-13-22)18-24(29(21)32(33,34)35)25(36-43(38)31(2,3)4)19-27-39-16-11-17-40-27/h5-10,12-15,18,25,27,36H,11,16-17,19-20H2,1-4H3/t25?,43-/m0/s1. The minimum absolute atomic E-state index is 0.0163. The molecule has 0 bridgehead atoms. The SMILES string of the molecule is Cc1c(C(=O)Oc2ccccc2)c(OCc2ccccc2)cc(C(CC2OCCCO2)N[S@@+]([O-])C(C)(C)C)c1C(F)(F)F. The van der Waals surface area contributed by atoms with E-state index in [1.807, 2.05) is 6.07 Å². The second kappa shape index (κ2) is 14.1. The first-order valence-corrected chi connectivity index (χ1v) is 15.1. The van der Waals surface area contributed by atoms with Crippen LogP contribution in [-0.2, 0) is 33.6 Å². The van der Waals surface area contributed by atoms with Gasteiger partial charge in [0.2, 0.25) is 0 Å². The van der Waals surface area contributed by atoms with Gasteiger partial charge in [-0.1, -0.05) is 48.5 Å². The van der Waals surface area contributed by atoms with Crippen molar-refractivity contribution in [3.05, 3.63) is 94.5 Å². The lowest BCUT2D eigenvalue weighted by Gasteiger charge is -2.33. The van der Waals surface area contributed by atoms with Gasteiger partial charge in [0.25, 0.3) is 0 Å². The third kappa shape index (κ3) is 8.73. The van der Waals surface area contributed by atoms with Crippen molar-refractivity contribution in [1.29, 1.82) is 0 Å². The van der Waals surface area contributed by atoms with E-state index in [4.69, 9.17) is 18.9 Å². The Morgan fingerprint density at radius 3 is 2.23 bits per heavy atom. The van der Waals surface area contributed by atoms with Crippen LogP contribution < -0.4 is 14.2 Å². The molecule has 0 aromatic heterocycles. The van der Waals surface area contributed by atoms with Gasteiger partial charge in [-0.05, 0) is 69.0 Å². The lowest BCUT2D eigenvalue weighted by atomic mass is 9.90. The summed E-state index contributed by atoms with van der Waals surface area (Å²) in [5.41, 5.74) is -1.25. The van der Waals surface area contributed by atoms with E-state index in [0.29, 0.717) is 19.6 Å². The quantitative estimate of drug-likeness (QED) is 0.148. The van der Waals surface area contributed by atoms with Crippen LogP contribution in [0.25, 0.3) is 0 Å². The Hall–Kier alpha value is -3.09. The molecule has 1 aliphatic rings. The van der Waals surface area contributed by atoms with Crippen LogP contribution in [0, 0.1) is 6.92 Å². The molecule has 0 amide bonds. The van der Waals surface area contributed by atoms with Crippen LogP contribution in [0.15, 0.2) is 66.7 Å². The van der Waals surface area contributed by atoms with Crippen molar-refractivity contribution in [2.75, 3.05) is 13.2 Å². The van der Waals surface area contributed by atoms with Crippen LogP contribution in [-0.4, -0.2) is 34.8 Å². The average Bonchev–Trinajstić information content (AvgIpc) is 2.95. The maximum absolute atomic E-state index is 14.9. The predicted octanol–water partition coefficient (Wildman–Crippen LogP) is 7.06. The Labute approximate surface area is 253 Å². The molecular weight excluding hydrogens is 583 g/mol. The Morgan fingerprint density at radius 1 is 1.05 bits per heavy atom. The first-order valence-electron chi connectivity index (χ1n) is 13.9. The second-order valence-electron chi connectivity index (χ2n) is 11.1. The van der Waals surface area contributed by atoms with Gasteiger partial charge in [0.05, 0.1) is 24.8 Å². The molecule has 11 heteroatoms. The molecule has 1 heterocycles. The molecule has 232 valence electrons. The van der Waals surface area contributed by atoms with E-state index in [1.54, 1.807) is 63.2 Å². The number of alkyl halides is 3. The zero-order valence-corrected chi connectivity index (χ0v) is 25.3. The second-order valence-corrected chi connectivity index (χ2v) is 13.1. The monoisotopic (exact) mass is 619 g/mol. The van der Waals surface area contributed by atoms with Gasteiger partial charge in [0, 0.05) is 17.8 Å². The van der Waals surface area contributed by atoms with Gasteiger partial charge in [-0.2, -0.15) is 13.2 Å². The van der Waals surface area contributed by atoms with E-state index in [9.17, 15) is 22.5 Å². The van der Waals surface area contributed by atoms with Gasteiger partial charge in [-0.25, -0.2) is 4.79 Å². The smallest absolute Gasteiger partial charge is 0.417 e. The topological polar surface area (TPSA) is 89.1 Å². The zero-order valence-electron chi connectivity index (χ0n) is 24.5. The number of rotatable bonds is 10. The van der Waals surface area contributed by atoms with Crippen molar-refractivity contribution in [3.63, 3.8) is 0 Å². The molecule has 1 N–H and O–H groups in total. The fourth-order valence-electron chi connectivity index (χ4n) is 4.62. The Morgan fingerprint density at radius 2 is 1.65 bits per heavy atom. The van der Waals surface area contributed by atoms with Crippen LogP contribution in [0.3, 0.4) is 0 Å². The van der Waals surface area contributed by atoms with E-state index in [1.165, 1.54) is 25.1 Å². The van der Waals surface area contributed by atoms with Crippen LogP contribution >= 0.6 is 0 Å². The van der Waals surface area contributed by atoms with Gasteiger partial charge in [0.15, 0.2) is 6.29 Å². The molecule has 3 aromatic carbocycles. The minimum Gasteiger partial charge on any atom is -0.598 e. The molecule has 1 aliphatic heterocycles. The molecule has 2 atom stereocenters. The van der Waals surface area contributed by atoms with Crippen LogP contribution in [0.1, 0.15) is 72.3 Å². The first kappa shape index (κ1) is 32.8. The van der Waals surface area contributed by atoms with Gasteiger partial charge >= 0.3 is 12.1 Å². The average molecular weight is 620 g/mol. The molecule has 0 radical (unpaired) electrons. The normalized spacial score (nSPS) is 16.0. The van der Waals surface area contributed by atoms with E-state index in [2.05, 4.69) is 4.72 Å². The molecule has 0 aliphatic carbocycles. The number of nitrogens with one attached hydrogen (secondary N) is 1. The highest BCUT2D eigenvalue weighted by Crippen LogP contribution is 2.44. The summed E-state index contributed by atoms with van der Waals surface area (Å²) in [6.45, 7) is 7.13. The molecular formula is C32H36F3NO6S. The number of esters is 1. The number of hydrogen-bond donors (Lipinski definition) is 1. The number of halogens is 3. The molecule has 1 saturated heterocycles. The van der Waals surface area contributed by atoms with E-state index < -0.39 is 46.1 Å². The van der Waals surface area contributed by atoms with Crippen molar-refractivity contribution >= 4 is 17.3 Å². The molecule has 7 nitrogen and oxygen atoms in total. The van der Waals surface area contributed by atoms with Crippen molar-refractivity contribution in [1.82, 2.24) is 4.72 Å². The highest BCUT2D eigenvalue weighted by molar-refractivity contribution is 7.90. The number of carbonyl (C=O) groups excluding carboxylic acids is 1. The number of hydrogen-bond acceptors (Lipinski definition) is 7. The summed E-state index contributed by atoms with van der Waals surface area (Å²) in [6.07, 6.45) is -5.10. The number of ether oxygens (including phenoxy) is 4. The maximum atomic E-state index is 14.9. The highest BCUT2D eigenvalue weighted by atomic mass is 32.2. The minimum atomic E-state index is -4.88. The van der Waals surface area contributed by atoms with Gasteiger partial charge in [0.1, 0.15) is 28.4 Å². The first-order chi connectivity index (χ1) is 20.3. The van der Waals surface area contributed by atoms with Crippen molar-refractivity contribution in [3.8, 4) is 11.5 Å². The Balaban J connectivity index is 1.86. The fraction of sp³-hybridized carbons (Fsp3) is 0.406. The summed E-state index contributed by atoms with van der Waals surface area (Å²) in [5.74, 6) is -0.917. The van der Waals surface area contributed by atoms with Gasteiger partial charge < -0.3 is 23.5 Å². The van der Waals surface area contributed by atoms with Crippen LogP contribution in [0.5, 0.6) is 11.5 Å². The summed E-state index contributed by atoms with van der Waals surface area (Å²) < 4.78 is 83.0. The molecule has 3 aromatic rings. The lowest BCUT2D eigenvalue weighted by molar-refractivity contribution is -0.184. The lowest BCUT2D eigenvalue weighted by Crippen LogP contribution is -2.43. The van der Waals surface area contributed by atoms with Crippen LogP contribution in [0.4, 0.5) is 13.2 Å². The number of carbonyl (C=O) groups is 1. The van der Waals surface area contributed by atoms with Crippen LogP contribution in [0.2, 0.25) is 0 Å². The molecule has 43 heavy (non-hydrogen) atoms. The summed E-state index contributed by atoms with van der Waals surface area (Å²) >= 11 is -1.76. The van der Waals surface area contributed by atoms with E-state index in [0.717, 1.165) is 5.56 Å². The maximum Gasteiger partial charge on any atom is 0.417 e. The number of para-hydroxylation sites is 1. The summed E-state index contributed by atoms with van der Waals surface area (Å²) in [7, 11) is 0. The van der Waals surface area contributed by atoms with Crippen molar-refractivity contribution in [2.24, 2.45) is 0 Å². The van der Waals surface area contributed by atoms with Crippen molar-refractivity contribution in [2.45, 2.75) is 70.4 Å². The predicted molar refractivity (Wildman–Crippen MR) is 157 cm³/mol. The molecule has 0 saturated carbocycles. The van der Waals surface area contributed by atoms with Crippen molar-refractivity contribution < 1.29 is 41.5 Å². The van der Waals surface area contributed by atoms with Gasteiger partial charge in [-0.15, -0.1) is 4.72 Å². The summed E-state index contributed by atoms with van der Waals surface area (Å²) in [4.78, 5) is 13.5. The summed E-state index contributed by atoms with van der Waals surface area (Å²) in [5, 5.41) is 0. The molecule has 1 unspecified atom stereocenters. The Kier molecular flexibility index (Phi) is 10.8. The molecule has 0 spiro atoms. The third-order valence-corrected chi connectivity index (χ3v) is 8.37. The number of benzene rings is 3. The largest absolute Gasteiger partial charge is 0.598 e. The zero-order chi connectivity index (χ0) is 31.2. The highest BCUT2D eigenvalue weighted by Gasteiger charge is 2.43. The third-order valence-electron chi connectivity index (χ3n) is 6.76. The summed E-state index contributed by atoms with van der Waals surface area (Å²) in [6, 6.07) is 17.2. The van der Waals surface area contributed by atoms with E-state index in [-0.39, 0.29) is 41.2 Å². The molecule has 1 fully saturated rings.